The molecule has 0 bridgehead atoms. The summed E-state index contributed by atoms with van der Waals surface area (Å²) in [6, 6.07) is 10.4. The Labute approximate surface area is 284 Å². The lowest BCUT2D eigenvalue weighted by Crippen LogP contribution is -2.54. The molecule has 2 N–H and O–H groups in total. The quantitative estimate of drug-likeness (QED) is 0.294. The molecule has 254 valence electrons. The third kappa shape index (κ3) is 7.33. The highest BCUT2D eigenvalue weighted by molar-refractivity contribution is 6.30. The standard InChI is InChI=1S/C34H40ClFN8O4/c1-4-34(46)40-27-18-28(31(47-3)19-30(27)43-10-7-24(8-11-43)42-14-12-41(13-15-42)22(2)45)39-32-20-33(38-21-37-32)44-29(9-16-48-44)23-5-6-25(35)26(36)17-23/h4-6,17-21,24,29H,1,7-16H2,2-3H3,(H,40,46)(H,37,38,39). The number of ether oxygens (including phenoxy) is 1. The number of methoxy groups -OCH3 is 1. The largest absolute Gasteiger partial charge is 0.494 e. The van der Waals surface area contributed by atoms with Crippen molar-refractivity contribution in [3.05, 3.63) is 71.8 Å². The zero-order chi connectivity index (χ0) is 33.8. The first kappa shape index (κ1) is 33.4. The summed E-state index contributed by atoms with van der Waals surface area (Å²) in [5.74, 6) is 0.837. The van der Waals surface area contributed by atoms with Gasteiger partial charge in [-0.3, -0.25) is 19.3 Å². The molecule has 48 heavy (non-hydrogen) atoms. The van der Waals surface area contributed by atoms with Gasteiger partial charge in [-0.25, -0.2) is 19.4 Å². The molecule has 4 heterocycles. The van der Waals surface area contributed by atoms with Gasteiger partial charge in [0, 0.05) is 70.8 Å². The van der Waals surface area contributed by atoms with Crippen LogP contribution in [0.15, 0.2) is 55.4 Å². The lowest BCUT2D eigenvalue weighted by molar-refractivity contribution is -0.131. The monoisotopic (exact) mass is 678 g/mol. The summed E-state index contributed by atoms with van der Waals surface area (Å²) in [6.45, 7) is 10.6. The van der Waals surface area contributed by atoms with Crippen molar-refractivity contribution in [1.29, 1.82) is 0 Å². The average Bonchev–Trinajstić information content (AvgIpc) is 3.60. The molecule has 1 aromatic heterocycles. The number of carbonyl (C=O) groups is 2. The molecule has 3 aromatic rings. The highest BCUT2D eigenvalue weighted by Crippen LogP contribution is 2.41. The van der Waals surface area contributed by atoms with Gasteiger partial charge in [0.1, 0.15) is 23.7 Å². The lowest BCUT2D eigenvalue weighted by atomic mass is 10.0. The Morgan fingerprint density at radius 1 is 1.04 bits per heavy atom. The molecule has 3 saturated heterocycles. The van der Waals surface area contributed by atoms with E-state index in [4.69, 9.17) is 21.2 Å². The second kappa shape index (κ2) is 14.8. The van der Waals surface area contributed by atoms with Crippen molar-refractivity contribution in [2.75, 3.05) is 73.6 Å². The molecular weight excluding hydrogens is 639 g/mol. The number of hydrogen-bond donors (Lipinski definition) is 2. The number of nitrogens with zero attached hydrogens (tertiary/aromatic N) is 6. The summed E-state index contributed by atoms with van der Waals surface area (Å²) < 4.78 is 20.1. The summed E-state index contributed by atoms with van der Waals surface area (Å²) >= 11 is 5.91. The maximum Gasteiger partial charge on any atom is 0.247 e. The second-order valence-electron chi connectivity index (χ2n) is 12.0. The van der Waals surface area contributed by atoms with E-state index < -0.39 is 5.82 Å². The van der Waals surface area contributed by atoms with Gasteiger partial charge in [-0.15, -0.1) is 0 Å². The third-order valence-electron chi connectivity index (χ3n) is 9.22. The minimum atomic E-state index is -0.491. The molecule has 0 saturated carbocycles. The normalized spacial score (nSPS) is 18.9. The van der Waals surface area contributed by atoms with Gasteiger partial charge in [-0.1, -0.05) is 24.2 Å². The number of carbonyl (C=O) groups excluding carboxylic acids is 2. The molecular formula is C34H40ClFN8O4. The number of rotatable bonds is 9. The van der Waals surface area contributed by atoms with Crippen LogP contribution in [0, 0.1) is 5.82 Å². The van der Waals surface area contributed by atoms with Crippen LogP contribution in [0.4, 0.5) is 33.1 Å². The van der Waals surface area contributed by atoms with Crippen molar-refractivity contribution in [2.24, 2.45) is 0 Å². The predicted molar refractivity (Wildman–Crippen MR) is 183 cm³/mol. The van der Waals surface area contributed by atoms with Crippen molar-refractivity contribution in [3.63, 3.8) is 0 Å². The van der Waals surface area contributed by atoms with Gasteiger partial charge in [-0.2, -0.15) is 0 Å². The number of nitrogens with one attached hydrogen (secondary N) is 2. The molecule has 6 rings (SSSR count). The SMILES string of the molecule is C=CC(=O)Nc1cc(Nc2cc(N3OCCC3c3ccc(Cl)c(F)c3)ncn2)c(OC)cc1N1CCC(N2CCN(C(C)=O)CC2)CC1. The van der Waals surface area contributed by atoms with E-state index in [-0.39, 0.29) is 22.9 Å². The van der Waals surface area contributed by atoms with E-state index in [0.29, 0.717) is 47.8 Å². The Balaban J connectivity index is 1.20. The van der Waals surface area contributed by atoms with Gasteiger partial charge in [0.2, 0.25) is 11.8 Å². The number of benzene rings is 2. The van der Waals surface area contributed by atoms with Gasteiger partial charge in [-0.05, 0) is 42.7 Å². The molecule has 1 atom stereocenters. The minimum absolute atomic E-state index is 0.0616. The van der Waals surface area contributed by atoms with Crippen molar-refractivity contribution in [3.8, 4) is 5.75 Å². The van der Waals surface area contributed by atoms with E-state index in [9.17, 15) is 14.0 Å². The highest BCUT2D eigenvalue weighted by atomic mass is 35.5. The fourth-order valence-electron chi connectivity index (χ4n) is 6.65. The summed E-state index contributed by atoms with van der Waals surface area (Å²) in [7, 11) is 1.60. The topological polar surface area (TPSA) is 115 Å². The number of hydroxylamine groups is 1. The summed E-state index contributed by atoms with van der Waals surface area (Å²) in [6.07, 6.45) is 5.23. The van der Waals surface area contributed by atoms with Crippen LogP contribution in [0.3, 0.4) is 0 Å². The number of piperidine rings is 1. The zero-order valence-corrected chi connectivity index (χ0v) is 27.9. The predicted octanol–water partition coefficient (Wildman–Crippen LogP) is 5.16. The van der Waals surface area contributed by atoms with E-state index in [0.717, 1.165) is 63.4 Å². The van der Waals surface area contributed by atoms with Gasteiger partial charge >= 0.3 is 0 Å². The first-order valence-electron chi connectivity index (χ1n) is 16.1. The maximum atomic E-state index is 14.3. The van der Waals surface area contributed by atoms with Gasteiger partial charge < -0.3 is 25.2 Å². The van der Waals surface area contributed by atoms with Crippen LogP contribution in [0.25, 0.3) is 0 Å². The van der Waals surface area contributed by atoms with Crippen LogP contribution in [0.5, 0.6) is 5.75 Å². The van der Waals surface area contributed by atoms with Crippen LogP contribution in [0.2, 0.25) is 5.02 Å². The Morgan fingerprint density at radius 2 is 1.81 bits per heavy atom. The summed E-state index contributed by atoms with van der Waals surface area (Å²) in [5.41, 5.74) is 2.77. The Bertz CT molecular complexity index is 1660. The molecule has 14 heteroatoms. The van der Waals surface area contributed by atoms with Crippen molar-refractivity contribution < 1.29 is 23.6 Å². The highest BCUT2D eigenvalue weighted by Gasteiger charge is 2.31. The van der Waals surface area contributed by atoms with E-state index in [1.54, 1.807) is 31.2 Å². The van der Waals surface area contributed by atoms with Crippen LogP contribution in [0.1, 0.15) is 37.8 Å². The molecule has 2 aromatic carbocycles. The van der Waals surface area contributed by atoms with Crippen molar-refractivity contribution >= 4 is 52.1 Å². The minimum Gasteiger partial charge on any atom is -0.494 e. The molecule has 12 nitrogen and oxygen atoms in total. The van der Waals surface area contributed by atoms with Crippen molar-refractivity contribution in [1.82, 2.24) is 19.8 Å². The van der Waals surface area contributed by atoms with Crippen LogP contribution >= 0.6 is 11.6 Å². The van der Waals surface area contributed by atoms with Gasteiger partial charge in [0.05, 0.1) is 41.8 Å². The maximum absolute atomic E-state index is 14.3. The molecule has 0 spiro atoms. The van der Waals surface area contributed by atoms with E-state index in [1.165, 1.54) is 24.5 Å². The fourth-order valence-corrected chi connectivity index (χ4v) is 6.76. The Hall–Kier alpha value is -4.46. The molecule has 2 amide bonds. The summed E-state index contributed by atoms with van der Waals surface area (Å²) in [4.78, 5) is 45.7. The molecule has 3 aliphatic heterocycles. The molecule has 0 aliphatic carbocycles. The fraction of sp³-hybridized carbons (Fsp3) is 0.412. The number of piperazine rings is 1. The molecule has 1 unspecified atom stereocenters. The van der Waals surface area contributed by atoms with Crippen LogP contribution in [-0.4, -0.2) is 90.6 Å². The number of amides is 2. The number of anilines is 5. The van der Waals surface area contributed by atoms with Gasteiger partial charge in [0.15, 0.2) is 5.82 Å². The summed E-state index contributed by atoms with van der Waals surface area (Å²) in [5, 5.41) is 8.00. The third-order valence-corrected chi connectivity index (χ3v) is 9.52. The Morgan fingerprint density at radius 3 is 2.50 bits per heavy atom. The number of halogens is 2. The molecule has 3 fully saturated rings. The first-order chi connectivity index (χ1) is 23.2. The molecule has 0 radical (unpaired) electrons. The van der Waals surface area contributed by atoms with E-state index >= 15 is 0 Å². The smallest absolute Gasteiger partial charge is 0.247 e. The van der Waals surface area contributed by atoms with Crippen LogP contribution < -0.4 is 25.3 Å². The van der Waals surface area contributed by atoms with Crippen molar-refractivity contribution in [2.45, 2.75) is 38.3 Å². The lowest BCUT2D eigenvalue weighted by Gasteiger charge is -2.43. The number of aromatic nitrogens is 2. The van der Waals surface area contributed by atoms with E-state index in [2.05, 4.69) is 37.0 Å². The van der Waals surface area contributed by atoms with E-state index in [1.807, 2.05) is 17.0 Å². The zero-order valence-electron chi connectivity index (χ0n) is 27.1. The Kier molecular flexibility index (Phi) is 10.3. The number of hydrogen-bond acceptors (Lipinski definition) is 10. The second-order valence-corrected chi connectivity index (χ2v) is 12.5. The average molecular weight is 679 g/mol. The first-order valence-corrected chi connectivity index (χ1v) is 16.5. The van der Waals surface area contributed by atoms with Crippen LogP contribution in [-0.2, 0) is 14.4 Å². The van der Waals surface area contributed by atoms with Gasteiger partial charge in [0.25, 0.3) is 0 Å². The molecule has 3 aliphatic rings.